The second-order valence-corrected chi connectivity index (χ2v) is 8.82. The molecule has 30 heavy (non-hydrogen) atoms. The topological polar surface area (TPSA) is 91.5 Å². The van der Waals surface area contributed by atoms with Gasteiger partial charge in [-0.15, -0.1) is 0 Å². The van der Waals surface area contributed by atoms with Gasteiger partial charge in [-0.1, -0.05) is 26.0 Å². The smallest absolute Gasteiger partial charge is 0.261 e. The molecule has 0 radical (unpaired) electrons. The van der Waals surface area contributed by atoms with Gasteiger partial charge in [-0.25, -0.2) is 0 Å². The van der Waals surface area contributed by atoms with Crippen LogP contribution in [0.1, 0.15) is 52.2 Å². The Labute approximate surface area is 176 Å². The summed E-state index contributed by atoms with van der Waals surface area (Å²) in [6.07, 6.45) is 1.00. The number of nitrogens with one attached hydrogen (secondary N) is 2. The minimum Gasteiger partial charge on any atom is -0.492 e. The molecule has 0 atom stereocenters. The van der Waals surface area contributed by atoms with E-state index in [2.05, 4.69) is 10.3 Å². The van der Waals surface area contributed by atoms with Gasteiger partial charge in [0.1, 0.15) is 17.9 Å². The largest absolute Gasteiger partial charge is 0.492 e. The summed E-state index contributed by atoms with van der Waals surface area (Å²) in [5.41, 5.74) is 1.24. The lowest BCUT2D eigenvalue weighted by atomic mass is 9.75. The molecule has 0 bridgehead atoms. The number of H-pyrrole nitrogens is 1. The van der Waals surface area contributed by atoms with Crippen molar-refractivity contribution in [1.29, 1.82) is 0 Å². The van der Waals surface area contributed by atoms with Crippen LogP contribution in [0.4, 0.5) is 0 Å². The molecule has 2 aromatic rings. The van der Waals surface area contributed by atoms with Gasteiger partial charge in [-0.3, -0.25) is 14.4 Å². The number of hydrogen-bond donors (Lipinski definition) is 2. The summed E-state index contributed by atoms with van der Waals surface area (Å²) in [6.45, 7) is 5.68. The lowest BCUT2D eigenvalue weighted by Crippen LogP contribution is -2.34. The van der Waals surface area contributed by atoms with Crippen LogP contribution in [0.5, 0.6) is 5.75 Å². The molecular formula is C23H29N3O4. The molecule has 0 spiro atoms. The standard InChI is InChI=1S/C23H29N3O4/c1-23(2)12-19-17(20(27)13-23)11-18(22(29)25-19)21(28)24-14-15-5-7-16(8-6-15)30-10-9-26(3)4/h5-8,11H,9-10,12-14H2,1-4H3,(H,24,28)(H,25,29). The first kappa shape index (κ1) is 21.8. The molecule has 0 aliphatic heterocycles. The minimum absolute atomic E-state index is 0.0366. The molecule has 1 aliphatic rings. The average molecular weight is 412 g/mol. The Kier molecular flexibility index (Phi) is 6.41. The minimum atomic E-state index is -0.497. The number of Topliss-reactive ketones (excluding diaryl/α,β-unsaturated/α-hetero) is 1. The first-order chi connectivity index (χ1) is 14.1. The Morgan fingerprint density at radius 1 is 1.17 bits per heavy atom. The summed E-state index contributed by atoms with van der Waals surface area (Å²) in [4.78, 5) is 42.2. The number of benzene rings is 1. The lowest BCUT2D eigenvalue weighted by molar-refractivity contribution is 0.0910. The van der Waals surface area contributed by atoms with Gasteiger partial charge in [-0.2, -0.15) is 0 Å². The van der Waals surface area contributed by atoms with E-state index in [1.807, 2.05) is 57.1 Å². The third-order valence-corrected chi connectivity index (χ3v) is 5.15. The highest BCUT2D eigenvalue weighted by atomic mass is 16.5. The van der Waals surface area contributed by atoms with E-state index >= 15 is 0 Å². The van der Waals surface area contributed by atoms with Crippen LogP contribution in [-0.4, -0.2) is 48.8 Å². The van der Waals surface area contributed by atoms with E-state index in [1.165, 1.54) is 6.07 Å². The van der Waals surface area contributed by atoms with Crippen molar-refractivity contribution < 1.29 is 14.3 Å². The van der Waals surface area contributed by atoms with Crippen LogP contribution in [0.2, 0.25) is 0 Å². The van der Waals surface area contributed by atoms with Crippen molar-refractivity contribution in [3.05, 3.63) is 63.1 Å². The van der Waals surface area contributed by atoms with Crippen LogP contribution >= 0.6 is 0 Å². The number of pyridine rings is 1. The van der Waals surface area contributed by atoms with E-state index in [0.717, 1.165) is 17.9 Å². The molecule has 7 heteroatoms. The Hall–Kier alpha value is -2.93. The van der Waals surface area contributed by atoms with Gasteiger partial charge in [-0.05, 0) is 49.7 Å². The summed E-state index contributed by atoms with van der Waals surface area (Å²) in [5.74, 6) is 0.221. The highest BCUT2D eigenvalue weighted by molar-refractivity contribution is 6.02. The first-order valence-corrected chi connectivity index (χ1v) is 10.1. The van der Waals surface area contributed by atoms with E-state index in [4.69, 9.17) is 4.74 Å². The number of hydrogen-bond acceptors (Lipinski definition) is 5. The lowest BCUT2D eigenvalue weighted by Gasteiger charge is -2.29. The van der Waals surface area contributed by atoms with E-state index in [9.17, 15) is 14.4 Å². The van der Waals surface area contributed by atoms with Gasteiger partial charge in [0.25, 0.3) is 11.5 Å². The fourth-order valence-corrected chi connectivity index (χ4v) is 3.52. The molecule has 1 aromatic carbocycles. The van der Waals surface area contributed by atoms with Crippen molar-refractivity contribution >= 4 is 11.7 Å². The van der Waals surface area contributed by atoms with Gasteiger partial charge < -0.3 is 19.9 Å². The van der Waals surface area contributed by atoms with Crippen molar-refractivity contribution in [2.45, 2.75) is 33.2 Å². The highest BCUT2D eigenvalue weighted by Crippen LogP contribution is 2.33. The zero-order chi connectivity index (χ0) is 21.9. The molecule has 160 valence electrons. The third kappa shape index (κ3) is 5.36. The Balaban J connectivity index is 1.64. The normalized spacial score (nSPS) is 15.0. The van der Waals surface area contributed by atoms with E-state index < -0.39 is 11.5 Å². The number of aromatic nitrogens is 1. The summed E-state index contributed by atoms with van der Waals surface area (Å²) in [5, 5.41) is 2.75. The van der Waals surface area contributed by atoms with E-state index in [-0.39, 0.29) is 23.3 Å². The van der Waals surface area contributed by atoms with Crippen LogP contribution in [0.25, 0.3) is 0 Å². The SMILES string of the molecule is CN(C)CCOc1ccc(CNC(=O)c2cc3c([nH]c2=O)CC(C)(C)CC3=O)cc1. The number of amides is 1. The second-order valence-electron chi connectivity index (χ2n) is 8.82. The van der Waals surface area contributed by atoms with E-state index in [0.29, 0.717) is 30.7 Å². The van der Waals surface area contributed by atoms with Gasteiger partial charge in [0, 0.05) is 30.8 Å². The van der Waals surface area contributed by atoms with Crippen LogP contribution in [0.3, 0.4) is 0 Å². The number of carbonyl (C=O) groups is 2. The molecule has 1 heterocycles. The number of ether oxygens (including phenoxy) is 1. The number of ketones is 1. The predicted octanol–water partition coefficient (Wildman–Crippen LogP) is 2.40. The molecule has 7 nitrogen and oxygen atoms in total. The van der Waals surface area contributed by atoms with Crippen molar-refractivity contribution in [3.63, 3.8) is 0 Å². The maximum absolute atomic E-state index is 12.6. The highest BCUT2D eigenvalue weighted by Gasteiger charge is 2.32. The zero-order valence-corrected chi connectivity index (χ0v) is 18.0. The maximum Gasteiger partial charge on any atom is 0.261 e. The number of likely N-dealkylation sites (N-methyl/N-ethyl adjacent to an activating group) is 1. The summed E-state index contributed by atoms with van der Waals surface area (Å²) in [6, 6.07) is 8.87. The van der Waals surface area contributed by atoms with Gasteiger partial charge >= 0.3 is 0 Å². The van der Waals surface area contributed by atoms with Gasteiger partial charge in [0.2, 0.25) is 0 Å². The van der Waals surface area contributed by atoms with E-state index in [1.54, 1.807) is 0 Å². The number of fused-ring (bicyclic) bond motifs is 1. The molecular weight excluding hydrogens is 382 g/mol. The number of aromatic amines is 1. The van der Waals surface area contributed by atoms with Crippen molar-refractivity contribution in [2.24, 2.45) is 5.41 Å². The predicted molar refractivity (Wildman–Crippen MR) is 115 cm³/mol. The van der Waals surface area contributed by atoms with Crippen molar-refractivity contribution in [1.82, 2.24) is 15.2 Å². The zero-order valence-electron chi connectivity index (χ0n) is 18.0. The second kappa shape index (κ2) is 8.83. The van der Waals surface area contributed by atoms with Crippen LogP contribution in [0, 0.1) is 5.41 Å². The Morgan fingerprint density at radius 2 is 1.87 bits per heavy atom. The van der Waals surface area contributed by atoms with Crippen molar-refractivity contribution in [3.8, 4) is 5.75 Å². The molecule has 0 fully saturated rings. The molecule has 1 amide bonds. The number of nitrogens with zero attached hydrogens (tertiary/aromatic N) is 1. The summed E-state index contributed by atoms with van der Waals surface area (Å²) in [7, 11) is 3.97. The fraction of sp³-hybridized carbons (Fsp3) is 0.435. The first-order valence-electron chi connectivity index (χ1n) is 10.1. The van der Waals surface area contributed by atoms with Crippen LogP contribution in [0.15, 0.2) is 35.1 Å². The maximum atomic E-state index is 12.6. The molecule has 3 rings (SSSR count). The monoisotopic (exact) mass is 411 g/mol. The molecule has 1 aliphatic carbocycles. The quantitative estimate of drug-likeness (QED) is 0.730. The summed E-state index contributed by atoms with van der Waals surface area (Å²) < 4.78 is 5.65. The van der Waals surface area contributed by atoms with Crippen LogP contribution in [-0.2, 0) is 13.0 Å². The molecule has 2 N–H and O–H groups in total. The van der Waals surface area contributed by atoms with Gasteiger partial charge in [0.05, 0.1) is 0 Å². The summed E-state index contributed by atoms with van der Waals surface area (Å²) >= 11 is 0. The molecule has 1 aromatic heterocycles. The van der Waals surface area contributed by atoms with Crippen LogP contribution < -0.4 is 15.6 Å². The number of carbonyl (C=O) groups excluding carboxylic acids is 2. The third-order valence-electron chi connectivity index (χ3n) is 5.15. The Morgan fingerprint density at radius 3 is 2.53 bits per heavy atom. The van der Waals surface area contributed by atoms with Gasteiger partial charge in [0.15, 0.2) is 5.78 Å². The Bertz CT molecular complexity index is 990. The molecule has 0 saturated carbocycles. The van der Waals surface area contributed by atoms with Crippen molar-refractivity contribution in [2.75, 3.05) is 27.2 Å². The average Bonchev–Trinajstić information content (AvgIpc) is 2.65. The molecule has 0 unspecified atom stereocenters. The molecule has 0 saturated heterocycles. The fourth-order valence-electron chi connectivity index (χ4n) is 3.52. The number of rotatable bonds is 7.